The molecule has 112 valence electrons. The van der Waals surface area contributed by atoms with E-state index in [2.05, 4.69) is 15.3 Å². The Morgan fingerprint density at radius 1 is 1.18 bits per heavy atom. The van der Waals surface area contributed by atoms with Crippen LogP contribution in [-0.2, 0) is 0 Å². The predicted octanol–water partition coefficient (Wildman–Crippen LogP) is 3.07. The standard InChI is InChI=1S/C17H17N3O2/c21-10-17(6-7-17)9-18-15-13-8-14(12-4-2-1-3-5-12)22-16(13)20-11-19-15/h1-5,8,11,21H,6-7,9-10H2,(H,18,19,20). The van der Waals surface area contributed by atoms with Crippen LogP contribution < -0.4 is 5.32 Å². The van der Waals surface area contributed by atoms with Crippen LogP contribution in [0.2, 0.25) is 0 Å². The van der Waals surface area contributed by atoms with Crippen LogP contribution in [0.3, 0.4) is 0 Å². The number of hydrogen-bond acceptors (Lipinski definition) is 5. The van der Waals surface area contributed by atoms with Crippen LogP contribution in [-0.4, -0.2) is 28.2 Å². The number of aliphatic hydroxyl groups is 1. The highest BCUT2D eigenvalue weighted by atomic mass is 16.3. The molecule has 1 aliphatic carbocycles. The van der Waals surface area contributed by atoms with Gasteiger partial charge in [0.05, 0.1) is 12.0 Å². The van der Waals surface area contributed by atoms with E-state index in [1.807, 2.05) is 36.4 Å². The fourth-order valence-corrected chi connectivity index (χ4v) is 2.58. The zero-order chi connectivity index (χ0) is 15.0. The second-order valence-electron chi connectivity index (χ2n) is 5.93. The van der Waals surface area contributed by atoms with Crippen molar-refractivity contribution in [3.05, 3.63) is 42.7 Å². The molecule has 1 aromatic carbocycles. The normalized spacial score (nSPS) is 15.9. The second kappa shape index (κ2) is 5.10. The molecule has 0 amide bonds. The lowest BCUT2D eigenvalue weighted by Crippen LogP contribution is -2.19. The highest BCUT2D eigenvalue weighted by molar-refractivity contribution is 5.89. The van der Waals surface area contributed by atoms with Crippen molar-refractivity contribution in [3.8, 4) is 11.3 Å². The third-order valence-electron chi connectivity index (χ3n) is 4.31. The Morgan fingerprint density at radius 3 is 2.73 bits per heavy atom. The quantitative estimate of drug-likeness (QED) is 0.757. The minimum Gasteiger partial charge on any atom is -0.438 e. The van der Waals surface area contributed by atoms with E-state index in [0.717, 1.165) is 41.9 Å². The molecule has 4 rings (SSSR count). The molecule has 0 aliphatic heterocycles. The summed E-state index contributed by atoms with van der Waals surface area (Å²) in [7, 11) is 0. The lowest BCUT2D eigenvalue weighted by Gasteiger charge is -2.13. The van der Waals surface area contributed by atoms with Gasteiger partial charge in [0, 0.05) is 17.5 Å². The number of fused-ring (bicyclic) bond motifs is 1. The molecular formula is C17H17N3O2. The van der Waals surface area contributed by atoms with E-state index in [0.29, 0.717) is 5.71 Å². The highest BCUT2D eigenvalue weighted by Crippen LogP contribution is 2.45. The molecule has 22 heavy (non-hydrogen) atoms. The summed E-state index contributed by atoms with van der Waals surface area (Å²) in [6, 6.07) is 11.9. The van der Waals surface area contributed by atoms with Crippen molar-refractivity contribution in [2.75, 3.05) is 18.5 Å². The Kier molecular flexibility index (Phi) is 3.08. The van der Waals surface area contributed by atoms with Crippen LogP contribution in [0.15, 0.2) is 47.1 Å². The molecule has 3 aromatic rings. The maximum atomic E-state index is 9.41. The molecule has 0 atom stereocenters. The van der Waals surface area contributed by atoms with Crippen LogP contribution in [0.4, 0.5) is 5.82 Å². The summed E-state index contributed by atoms with van der Waals surface area (Å²) >= 11 is 0. The first-order valence-electron chi connectivity index (χ1n) is 7.44. The molecule has 1 aliphatic rings. The summed E-state index contributed by atoms with van der Waals surface area (Å²) in [4.78, 5) is 8.52. The van der Waals surface area contributed by atoms with E-state index in [4.69, 9.17) is 4.42 Å². The number of hydrogen-bond donors (Lipinski definition) is 2. The first-order valence-corrected chi connectivity index (χ1v) is 7.44. The third kappa shape index (κ3) is 2.33. The average molecular weight is 295 g/mol. The number of furan rings is 1. The van der Waals surface area contributed by atoms with Crippen LogP contribution in [0, 0.1) is 5.41 Å². The summed E-state index contributed by atoms with van der Waals surface area (Å²) in [6.45, 7) is 0.941. The zero-order valence-corrected chi connectivity index (χ0v) is 12.1. The van der Waals surface area contributed by atoms with Gasteiger partial charge in [0.2, 0.25) is 5.71 Å². The summed E-state index contributed by atoms with van der Waals surface area (Å²) in [5, 5.41) is 13.6. The molecule has 2 aromatic heterocycles. The number of anilines is 1. The number of nitrogens with one attached hydrogen (secondary N) is 1. The number of rotatable bonds is 5. The topological polar surface area (TPSA) is 71.2 Å². The van der Waals surface area contributed by atoms with Crippen molar-refractivity contribution < 1.29 is 9.52 Å². The van der Waals surface area contributed by atoms with E-state index >= 15 is 0 Å². The van der Waals surface area contributed by atoms with E-state index in [9.17, 15) is 5.11 Å². The fraction of sp³-hybridized carbons (Fsp3) is 0.294. The molecule has 0 bridgehead atoms. The van der Waals surface area contributed by atoms with Crippen molar-refractivity contribution >= 4 is 16.9 Å². The Balaban J connectivity index is 1.66. The first-order chi connectivity index (χ1) is 10.8. The molecule has 0 saturated heterocycles. The van der Waals surface area contributed by atoms with Gasteiger partial charge in [-0.05, 0) is 18.9 Å². The lowest BCUT2D eigenvalue weighted by molar-refractivity contribution is 0.219. The maximum absolute atomic E-state index is 9.41. The van der Waals surface area contributed by atoms with Crippen molar-refractivity contribution in [2.24, 2.45) is 5.41 Å². The minimum absolute atomic E-state index is 0.0310. The number of nitrogens with zero attached hydrogens (tertiary/aromatic N) is 2. The van der Waals surface area contributed by atoms with Gasteiger partial charge in [0.1, 0.15) is 17.9 Å². The summed E-state index contributed by atoms with van der Waals surface area (Å²) in [5.74, 6) is 1.54. The first kappa shape index (κ1) is 13.3. The summed E-state index contributed by atoms with van der Waals surface area (Å²) in [6.07, 6.45) is 3.62. The van der Waals surface area contributed by atoms with Gasteiger partial charge in [-0.1, -0.05) is 30.3 Å². The van der Waals surface area contributed by atoms with Gasteiger partial charge < -0.3 is 14.8 Å². The zero-order valence-electron chi connectivity index (χ0n) is 12.1. The van der Waals surface area contributed by atoms with Crippen molar-refractivity contribution in [3.63, 3.8) is 0 Å². The molecule has 1 fully saturated rings. The smallest absolute Gasteiger partial charge is 0.231 e. The number of aliphatic hydroxyl groups excluding tert-OH is 1. The van der Waals surface area contributed by atoms with Crippen molar-refractivity contribution in [2.45, 2.75) is 12.8 Å². The van der Waals surface area contributed by atoms with Crippen molar-refractivity contribution in [1.82, 2.24) is 9.97 Å². The average Bonchev–Trinajstić information content (AvgIpc) is 3.22. The molecule has 0 unspecified atom stereocenters. The van der Waals surface area contributed by atoms with Gasteiger partial charge in [0.15, 0.2) is 0 Å². The van der Waals surface area contributed by atoms with Gasteiger partial charge >= 0.3 is 0 Å². The van der Waals surface area contributed by atoms with Gasteiger partial charge in [0.25, 0.3) is 0 Å². The second-order valence-corrected chi connectivity index (χ2v) is 5.93. The summed E-state index contributed by atoms with van der Waals surface area (Å²) < 4.78 is 5.83. The van der Waals surface area contributed by atoms with Gasteiger partial charge in [-0.15, -0.1) is 0 Å². The minimum atomic E-state index is 0.0310. The Morgan fingerprint density at radius 2 is 2.00 bits per heavy atom. The predicted molar refractivity (Wildman–Crippen MR) is 84.5 cm³/mol. The van der Waals surface area contributed by atoms with Crippen molar-refractivity contribution in [1.29, 1.82) is 0 Å². The van der Waals surface area contributed by atoms with Gasteiger partial charge in [-0.25, -0.2) is 9.97 Å². The summed E-state index contributed by atoms with van der Waals surface area (Å²) in [5.41, 5.74) is 1.62. The van der Waals surface area contributed by atoms with Crippen LogP contribution in [0.25, 0.3) is 22.4 Å². The van der Waals surface area contributed by atoms with Gasteiger partial charge in [-0.2, -0.15) is 0 Å². The maximum Gasteiger partial charge on any atom is 0.231 e. The van der Waals surface area contributed by atoms with Crippen LogP contribution >= 0.6 is 0 Å². The number of benzene rings is 1. The molecule has 2 N–H and O–H groups in total. The SMILES string of the molecule is OCC1(CNc2ncnc3oc(-c4ccccc4)cc23)CC1. The van der Waals surface area contributed by atoms with Gasteiger partial charge in [-0.3, -0.25) is 0 Å². The highest BCUT2D eigenvalue weighted by Gasteiger charge is 2.41. The van der Waals surface area contributed by atoms with Crippen LogP contribution in [0.1, 0.15) is 12.8 Å². The molecule has 2 heterocycles. The molecule has 0 spiro atoms. The molecular weight excluding hydrogens is 278 g/mol. The fourth-order valence-electron chi connectivity index (χ4n) is 2.58. The van der Waals surface area contributed by atoms with Crippen LogP contribution in [0.5, 0.6) is 0 Å². The Bertz CT molecular complexity index is 794. The molecule has 1 saturated carbocycles. The van der Waals surface area contributed by atoms with E-state index in [-0.39, 0.29) is 12.0 Å². The third-order valence-corrected chi connectivity index (χ3v) is 4.31. The molecule has 5 heteroatoms. The largest absolute Gasteiger partial charge is 0.438 e. The van der Waals surface area contributed by atoms with E-state index in [1.54, 1.807) is 0 Å². The number of aromatic nitrogens is 2. The van der Waals surface area contributed by atoms with E-state index in [1.165, 1.54) is 6.33 Å². The molecule has 0 radical (unpaired) electrons. The lowest BCUT2D eigenvalue weighted by atomic mass is 10.1. The Hall–Kier alpha value is -2.40. The monoisotopic (exact) mass is 295 g/mol. The van der Waals surface area contributed by atoms with E-state index < -0.39 is 0 Å². The Labute approximate surface area is 128 Å². The molecule has 5 nitrogen and oxygen atoms in total.